The summed E-state index contributed by atoms with van der Waals surface area (Å²) in [6, 6.07) is 0.222. The molecule has 2 aliphatic rings. The second-order valence-corrected chi connectivity index (χ2v) is 6.19. The van der Waals surface area contributed by atoms with Crippen molar-refractivity contribution < 1.29 is 9.53 Å². The van der Waals surface area contributed by atoms with E-state index in [4.69, 9.17) is 4.74 Å². The maximum Gasteiger partial charge on any atom is 0.242 e. The lowest BCUT2D eigenvalue weighted by molar-refractivity contribution is -0.137. The monoisotopic (exact) mass is 342 g/mol. The number of amides is 1. The molecule has 1 N–H and O–H groups in total. The Labute approximate surface area is 126 Å². The van der Waals surface area contributed by atoms with Crippen LogP contribution in [0.4, 0.5) is 0 Å². The van der Waals surface area contributed by atoms with E-state index < -0.39 is 0 Å². The lowest BCUT2D eigenvalue weighted by atomic mass is 10.0. The number of likely N-dealkylation sites (tertiary alicyclic amines) is 1. The summed E-state index contributed by atoms with van der Waals surface area (Å²) in [5.41, 5.74) is 0. The lowest BCUT2D eigenvalue weighted by Crippen LogP contribution is -2.54. The number of hydrogen-bond donors (Lipinski definition) is 1. The highest BCUT2D eigenvalue weighted by Gasteiger charge is 2.30. The van der Waals surface area contributed by atoms with Gasteiger partial charge in [0.05, 0.1) is 29.9 Å². The number of carbonyl (C=O) groups is 1. The van der Waals surface area contributed by atoms with Gasteiger partial charge in [-0.1, -0.05) is 0 Å². The molecule has 6 nitrogen and oxygen atoms in total. The van der Waals surface area contributed by atoms with Gasteiger partial charge in [0, 0.05) is 25.8 Å². The first kappa shape index (κ1) is 14.0. The molecule has 3 heterocycles. The molecule has 1 unspecified atom stereocenters. The van der Waals surface area contributed by atoms with Crippen LogP contribution in [-0.4, -0.2) is 59.5 Å². The molecule has 0 radical (unpaired) electrons. The van der Waals surface area contributed by atoms with Crippen molar-refractivity contribution in [3.8, 4) is 0 Å². The predicted molar refractivity (Wildman–Crippen MR) is 77.4 cm³/mol. The van der Waals surface area contributed by atoms with Crippen LogP contribution < -0.4 is 5.32 Å². The van der Waals surface area contributed by atoms with Crippen LogP contribution in [0.1, 0.15) is 18.9 Å². The summed E-state index contributed by atoms with van der Waals surface area (Å²) in [7, 11) is 0. The number of rotatable bonds is 2. The summed E-state index contributed by atoms with van der Waals surface area (Å²) < 4.78 is 8.35. The molecule has 1 atom stereocenters. The Morgan fingerprint density at radius 2 is 2.25 bits per heavy atom. The first-order valence-corrected chi connectivity index (χ1v) is 7.83. The van der Waals surface area contributed by atoms with Crippen molar-refractivity contribution in [1.29, 1.82) is 0 Å². The van der Waals surface area contributed by atoms with Crippen molar-refractivity contribution in [2.24, 2.45) is 0 Å². The first-order chi connectivity index (χ1) is 9.74. The average Bonchev–Trinajstić information content (AvgIpc) is 2.94. The Balaban J connectivity index is 1.54. The third kappa shape index (κ3) is 3.05. The smallest absolute Gasteiger partial charge is 0.242 e. The first-order valence-electron chi connectivity index (χ1n) is 7.03. The minimum absolute atomic E-state index is 0.167. The molecule has 3 rings (SSSR count). The summed E-state index contributed by atoms with van der Waals surface area (Å²) in [6.45, 7) is 3.53. The van der Waals surface area contributed by atoms with Crippen LogP contribution >= 0.6 is 15.9 Å². The number of carbonyl (C=O) groups excluding carboxylic acids is 1. The number of aromatic nitrogens is 2. The van der Waals surface area contributed by atoms with E-state index in [0.717, 1.165) is 36.9 Å². The van der Waals surface area contributed by atoms with Gasteiger partial charge in [0.2, 0.25) is 5.91 Å². The third-order valence-corrected chi connectivity index (χ3v) is 4.35. The quantitative estimate of drug-likeness (QED) is 0.863. The molecular weight excluding hydrogens is 324 g/mol. The standard InChI is InChI=1S/C13H19BrN4O2/c14-10-7-16-18(8-10)11-1-4-17(5-2-11)13(19)12-9-20-6-3-15-12/h7-8,11-12,15H,1-6,9H2. The van der Waals surface area contributed by atoms with E-state index in [1.54, 1.807) is 6.20 Å². The van der Waals surface area contributed by atoms with Crippen molar-refractivity contribution in [3.63, 3.8) is 0 Å². The van der Waals surface area contributed by atoms with Gasteiger partial charge < -0.3 is 15.0 Å². The molecule has 7 heteroatoms. The second kappa shape index (κ2) is 6.24. The van der Waals surface area contributed by atoms with E-state index in [2.05, 4.69) is 26.3 Å². The molecule has 2 fully saturated rings. The van der Waals surface area contributed by atoms with Crippen molar-refractivity contribution >= 4 is 21.8 Å². The molecule has 20 heavy (non-hydrogen) atoms. The molecule has 2 saturated heterocycles. The van der Waals surface area contributed by atoms with E-state index in [9.17, 15) is 4.79 Å². The van der Waals surface area contributed by atoms with Crippen molar-refractivity contribution in [1.82, 2.24) is 20.0 Å². The molecule has 0 aromatic carbocycles. The zero-order chi connectivity index (χ0) is 13.9. The molecule has 1 aromatic rings. The van der Waals surface area contributed by atoms with Crippen LogP contribution in [0, 0.1) is 0 Å². The fourth-order valence-corrected chi connectivity index (χ4v) is 3.11. The third-order valence-electron chi connectivity index (χ3n) is 3.94. The average molecular weight is 343 g/mol. The normalized spacial score (nSPS) is 24.9. The Morgan fingerprint density at radius 3 is 2.85 bits per heavy atom. The minimum atomic E-state index is -0.167. The number of piperidine rings is 1. The van der Waals surface area contributed by atoms with E-state index >= 15 is 0 Å². The topological polar surface area (TPSA) is 59.4 Å². The number of nitrogens with one attached hydrogen (secondary N) is 1. The molecule has 2 aliphatic heterocycles. The van der Waals surface area contributed by atoms with E-state index in [1.165, 1.54) is 0 Å². The van der Waals surface area contributed by atoms with Crippen LogP contribution in [-0.2, 0) is 9.53 Å². The molecule has 0 aliphatic carbocycles. The van der Waals surface area contributed by atoms with E-state index in [0.29, 0.717) is 19.3 Å². The lowest BCUT2D eigenvalue weighted by Gasteiger charge is -2.35. The molecule has 0 spiro atoms. The molecule has 0 bridgehead atoms. The fraction of sp³-hybridized carbons (Fsp3) is 0.692. The van der Waals surface area contributed by atoms with Gasteiger partial charge in [-0.05, 0) is 28.8 Å². The number of hydrogen-bond acceptors (Lipinski definition) is 4. The summed E-state index contributed by atoms with van der Waals surface area (Å²) >= 11 is 3.42. The summed E-state index contributed by atoms with van der Waals surface area (Å²) in [5.74, 6) is 0.171. The van der Waals surface area contributed by atoms with Gasteiger partial charge in [0.25, 0.3) is 0 Å². The van der Waals surface area contributed by atoms with Gasteiger partial charge in [-0.3, -0.25) is 9.48 Å². The van der Waals surface area contributed by atoms with Crippen LogP contribution in [0.25, 0.3) is 0 Å². The second-order valence-electron chi connectivity index (χ2n) is 5.28. The molecule has 0 saturated carbocycles. The maximum atomic E-state index is 12.4. The van der Waals surface area contributed by atoms with E-state index in [-0.39, 0.29) is 11.9 Å². The van der Waals surface area contributed by atoms with Crippen LogP contribution in [0.2, 0.25) is 0 Å². The summed E-state index contributed by atoms with van der Waals surface area (Å²) in [6.07, 6.45) is 5.71. The van der Waals surface area contributed by atoms with Gasteiger partial charge >= 0.3 is 0 Å². The predicted octanol–water partition coefficient (Wildman–Crippen LogP) is 0.798. The van der Waals surface area contributed by atoms with Crippen molar-refractivity contribution in [3.05, 3.63) is 16.9 Å². The number of ether oxygens (including phenoxy) is 1. The SMILES string of the molecule is O=C(C1COCCN1)N1CCC(n2cc(Br)cn2)CC1. The zero-order valence-electron chi connectivity index (χ0n) is 11.3. The Morgan fingerprint density at radius 1 is 1.45 bits per heavy atom. The molecular formula is C13H19BrN4O2. The molecule has 1 aromatic heterocycles. The van der Waals surface area contributed by atoms with Gasteiger partial charge in [-0.15, -0.1) is 0 Å². The fourth-order valence-electron chi connectivity index (χ4n) is 2.81. The zero-order valence-corrected chi connectivity index (χ0v) is 12.9. The molecule has 110 valence electrons. The molecule has 1 amide bonds. The van der Waals surface area contributed by atoms with Gasteiger partial charge in [0.15, 0.2) is 0 Å². The Kier molecular flexibility index (Phi) is 4.38. The van der Waals surface area contributed by atoms with Crippen LogP contribution in [0.5, 0.6) is 0 Å². The largest absolute Gasteiger partial charge is 0.378 e. The van der Waals surface area contributed by atoms with Crippen LogP contribution in [0.15, 0.2) is 16.9 Å². The number of halogens is 1. The van der Waals surface area contributed by atoms with Crippen molar-refractivity contribution in [2.75, 3.05) is 32.8 Å². The highest BCUT2D eigenvalue weighted by molar-refractivity contribution is 9.10. The Hall–Kier alpha value is -0.920. The van der Waals surface area contributed by atoms with Gasteiger partial charge in [0.1, 0.15) is 6.04 Å². The number of morpholine rings is 1. The van der Waals surface area contributed by atoms with Crippen LogP contribution in [0.3, 0.4) is 0 Å². The number of nitrogens with zero attached hydrogens (tertiary/aromatic N) is 3. The Bertz CT molecular complexity index is 465. The summed E-state index contributed by atoms with van der Waals surface area (Å²) in [5, 5.41) is 7.56. The van der Waals surface area contributed by atoms with Crippen molar-refractivity contribution in [2.45, 2.75) is 24.9 Å². The maximum absolute atomic E-state index is 12.4. The highest BCUT2D eigenvalue weighted by Crippen LogP contribution is 2.23. The van der Waals surface area contributed by atoms with E-state index in [1.807, 2.05) is 15.8 Å². The highest BCUT2D eigenvalue weighted by atomic mass is 79.9. The minimum Gasteiger partial charge on any atom is -0.378 e. The van der Waals surface area contributed by atoms with Gasteiger partial charge in [-0.25, -0.2) is 0 Å². The summed E-state index contributed by atoms with van der Waals surface area (Å²) in [4.78, 5) is 14.3. The van der Waals surface area contributed by atoms with Gasteiger partial charge in [-0.2, -0.15) is 5.10 Å².